The van der Waals surface area contributed by atoms with Gasteiger partial charge < -0.3 is 15.5 Å². The Morgan fingerprint density at radius 3 is 2.17 bits per heavy atom. The molecule has 1 saturated heterocycles. The number of hydrogen-bond acceptors (Lipinski definition) is 3. The molecular formula is C20H35N3. The number of likely N-dealkylation sites (N-methyl/N-ethyl adjacent to an activating group) is 1. The van der Waals surface area contributed by atoms with Gasteiger partial charge in [0, 0.05) is 37.9 Å². The van der Waals surface area contributed by atoms with Crippen LogP contribution in [-0.4, -0.2) is 43.7 Å². The molecule has 1 aliphatic carbocycles. The molecule has 23 heavy (non-hydrogen) atoms. The monoisotopic (exact) mass is 317 g/mol. The summed E-state index contributed by atoms with van der Waals surface area (Å²) in [6.07, 6.45) is 6.66. The van der Waals surface area contributed by atoms with Gasteiger partial charge in [0.1, 0.15) is 0 Å². The molecule has 1 aromatic rings. The highest BCUT2D eigenvalue weighted by atomic mass is 15.3. The van der Waals surface area contributed by atoms with Gasteiger partial charge in [0.05, 0.1) is 0 Å². The third kappa shape index (κ3) is 5.50. The van der Waals surface area contributed by atoms with Crippen molar-refractivity contribution >= 4 is 5.69 Å². The first kappa shape index (κ1) is 18.3. The number of anilines is 1. The van der Waals surface area contributed by atoms with E-state index in [0.717, 1.165) is 13.1 Å². The SMILES string of the molecule is CCN1CCN(c2cccc(C)c2C)CC1.NC1CCCCC1. The quantitative estimate of drug-likeness (QED) is 0.902. The van der Waals surface area contributed by atoms with Crippen LogP contribution in [0.4, 0.5) is 5.69 Å². The highest BCUT2D eigenvalue weighted by Gasteiger charge is 2.17. The molecule has 1 aliphatic heterocycles. The van der Waals surface area contributed by atoms with Gasteiger partial charge in [-0.1, -0.05) is 38.3 Å². The van der Waals surface area contributed by atoms with E-state index in [1.165, 1.54) is 68.6 Å². The van der Waals surface area contributed by atoms with Crippen LogP contribution in [0.2, 0.25) is 0 Å². The maximum atomic E-state index is 5.63. The van der Waals surface area contributed by atoms with Crippen LogP contribution in [0.5, 0.6) is 0 Å². The summed E-state index contributed by atoms with van der Waals surface area (Å²) in [5.41, 5.74) is 9.90. The van der Waals surface area contributed by atoms with Crippen LogP contribution >= 0.6 is 0 Å². The molecule has 3 nitrogen and oxygen atoms in total. The maximum Gasteiger partial charge on any atom is 0.0399 e. The van der Waals surface area contributed by atoms with E-state index in [2.05, 4.69) is 48.8 Å². The van der Waals surface area contributed by atoms with Gasteiger partial charge >= 0.3 is 0 Å². The molecule has 0 spiro atoms. The van der Waals surface area contributed by atoms with E-state index in [1.807, 2.05) is 0 Å². The molecule has 0 unspecified atom stereocenters. The molecule has 0 radical (unpaired) electrons. The van der Waals surface area contributed by atoms with Crippen molar-refractivity contribution in [1.82, 2.24) is 4.90 Å². The summed E-state index contributed by atoms with van der Waals surface area (Å²) in [7, 11) is 0. The average Bonchev–Trinajstić information content (AvgIpc) is 2.59. The minimum atomic E-state index is 0.536. The first-order valence-electron chi connectivity index (χ1n) is 9.41. The number of hydrogen-bond donors (Lipinski definition) is 1. The molecule has 1 saturated carbocycles. The minimum absolute atomic E-state index is 0.536. The Morgan fingerprint density at radius 1 is 1.00 bits per heavy atom. The Bertz CT molecular complexity index is 458. The summed E-state index contributed by atoms with van der Waals surface area (Å²) in [5.74, 6) is 0. The Morgan fingerprint density at radius 2 is 1.65 bits per heavy atom. The fourth-order valence-electron chi connectivity index (χ4n) is 3.52. The summed E-state index contributed by atoms with van der Waals surface area (Å²) >= 11 is 0. The van der Waals surface area contributed by atoms with Gasteiger partial charge in [0.25, 0.3) is 0 Å². The maximum absolute atomic E-state index is 5.63. The number of nitrogens with zero attached hydrogens (tertiary/aromatic N) is 2. The topological polar surface area (TPSA) is 32.5 Å². The zero-order valence-electron chi connectivity index (χ0n) is 15.4. The van der Waals surface area contributed by atoms with Crippen molar-refractivity contribution in [2.75, 3.05) is 37.6 Å². The van der Waals surface area contributed by atoms with Gasteiger partial charge in [-0.25, -0.2) is 0 Å². The van der Waals surface area contributed by atoms with E-state index in [4.69, 9.17) is 5.73 Å². The number of piperazine rings is 1. The van der Waals surface area contributed by atoms with Gasteiger partial charge in [0.15, 0.2) is 0 Å². The van der Waals surface area contributed by atoms with Crippen molar-refractivity contribution in [3.63, 3.8) is 0 Å². The lowest BCUT2D eigenvalue weighted by molar-refractivity contribution is 0.271. The molecule has 3 heteroatoms. The molecule has 0 atom stereocenters. The van der Waals surface area contributed by atoms with E-state index < -0.39 is 0 Å². The van der Waals surface area contributed by atoms with Crippen LogP contribution < -0.4 is 10.6 Å². The highest BCUT2D eigenvalue weighted by Crippen LogP contribution is 2.23. The molecule has 0 amide bonds. The van der Waals surface area contributed by atoms with Crippen LogP contribution in [-0.2, 0) is 0 Å². The molecule has 1 aromatic carbocycles. The molecule has 2 aliphatic rings. The molecule has 0 bridgehead atoms. The summed E-state index contributed by atoms with van der Waals surface area (Å²) < 4.78 is 0. The molecule has 130 valence electrons. The summed E-state index contributed by atoms with van der Waals surface area (Å²) in [4.78, 5) is 5.04. The first-order chi connectivity index (χ1) is 11.1. The lowest BCUT2D eigenvalue weighted by Gasteiger charge is -2.36. The molecule has 2 fully saturated rings. The van der Waals surface area contributed by atoms with Crippen molar-refractivity contribution < 1.29 is 0 Å². The van der Waals surface area contributed by atoms with E-state index in [1.54, 1.807) is 0 Å². The van der Waals surface area contributed by atoms with Crippen molar-refractivity contribution in [3.05, 3.63) is 29.3 Å². The number of benzene rings is 1. The van der Waals surface area contributed by atoms with Gasteiger partial charge in [0.2, 0.25) is 0 Å². The average molecular weight is 318 g/mol. The summed E-state index contributed by atoms with van der Waals surface area (Å²) in [6, 6.07) is 7.16. The van der Waals surface area contributed by atoms with E-state index in [0.29, 0.717) is 6.04 Å². The third-order valence-electron chi connectivity index (χ3n) is 5.39. The Balaban J connectivity index is 0.000000229. The second-order valence-electron chi connectivity index (χ2n) is 7.04. The zero-order valence-corrected chi connectivity index (χ0v) is 15.4. The van der Waals surface area contributed by atoms with Crippen LogP contribution in [0, 0.1) is 13.8 Å². The number of rotatable bonds is 2. The normalized spacial score (nSPS) is 20.1. The molecular weight excluding hydrogens is 282 g/mol. The largest absolute Gasteiger partial charge is 0.369 e. The lowest BCUT2D eigenvalue weighted by atomic mass is 9.97. The summed E-state index contributed by atoms with van der Waals surface area (Å²) in [5, 5.41) is 0. The van der Waals surface area contributed by atoms with Crippen LogP contribution in [0.25, 0.3) is 0 Å². The van der Waals surface area contributed by atoms with E-state index in [-0.39, 0.29) is 0 Å². The number of aryl methyl sites for hydroxylation is 1. The highest BCUT2D eigenvalue weighted by molar-refractivity contribution is 5.56. The molecule has 0 aromatic heterocycles. The van der Waals surface area contributed by atoms with E-state index in [9.17, 15) is 0 Å². The molecule has 3 rings (SSSR count). The third-order valence-corrected chi connectivity index (χ3v) is 5.39. The molecule has 1 heterocycles. The van der Waals surface area contributed by atoms with Crippen molar-refractivity contribution in [3.8, 4) is 0 Å². The van der Waals surface area contributed by atoms with Gasteiger partial charge in [-0.05, 0) is 50.4 Å². The smallest absolute Gasteiger partial charge is 0.0399 e. The Labute approximate surface area is 142 Å². The fourth-order valence-corrected chi connectivity index (χ4v) is 3.52. The molecule has 2 N–H and O–H groups in total. The second kappa shape index (κ2) is 9.29. The van der Waals surface area contributed by atoms with Gasteiger partial charge in [-0.3, -0.25) is 0 Å². The lowest BCUT2D eigenvalue weighted by Crippen LogP contribution is -2.46. The predicted molar refractivity (Wildman–Crippen MR) is 101 cm³/mol. The Hall–Kier alpha value is -1.06. The fraction of sp³-hybridized carbons (Fsp3) is 0.700. The van der Waals surface area contributed by atoms with Crippen molar-refractivity contribution in [2.24, 2.45) is 5.73 Å². The van der Waals surface area contributed by atoms with Gasteiger partial charge in [-0.2, -0.15) is 0 Å². The van der Waals surface area contributed by atoms with Crippen LogP contribution in [0.15, 0.2) is 18.2 Å². The zero-order chi connectivity index (χ0) is 16.7. The van der Waals surface area contributed by atoms with Crippen molar-refractivity contribution in [2.45, 2.75) is 58.9 Å². The Kier molecular flexibility index (Phi) is 7.38. The van der Waals surface area contributed by atoms with Crippen LogP contribution in [0.3, 0.4) is 0 Å². The number of nitrogens with two attached hydrogens (primary N) is 1. The minimum Gasteiger partial charge on any atom is -0.369 e. The van der Waals surface area contributed by atoms with Crippen molar-refractivity contribution in [1.29, 1.82) is 0 Å². The van der Waals surface area contributed by atoms with Gasteiger partial charge in [-0.15, -0.1) is 0 Å². The standard InChI is InChI=1S/C14H22N2.C6H13N/c1-4-15-8-10-16(11-9-15)14-7-5-6-12(2)13(14)3;7-6-4-2-1-3-5-6/h5-7H,4,8-11H2,1-3H3;6H,1-5,7H2. The van der Waals surface area contributed by atoms with E-state index >= 15 is 0 Å². The second-order valence-corrected chi connectivity index (χ2v) is 7.04. The van der Waals surface area contributed by atoms with Crippen LogP contribution in [0.1, 0.15) is 50.2 Å². The predicted octanol–water partition coefficient (Wildman–Crippen LogP) is 3.72. The summed E-state index contributed by atoms with van der Waals surface area (Å²) in [6.45, 7) is 12.6. The first-order valence-corrected chi connectivity index (χ1v) is 9.41.